The van der Waals surface area contributed by atoms with E-state index in [1.807, 2.05) is 42.5 Å². The second kappa shape index (κ2) is 12.0. The van der Waals surface area contributed by atoms with Gasteiger partial charge in [0.1, 0.15) is 12.4 Å². The summed E-state index contributed by atoms with van der Waals surface area (Å²) >= 11 is 0. The lowest BCUT2D eigenvalue weighted by atomic mass is 10.1. The van der Waals surface area contributed by atoms with Gasteiger partial charge in [0, 0.05) is 0 Å². The van der Waals surface area contributed by atoms with Gasteiger partial charge in [0.25, 0.3) is 0 Å². The first-order valence-electron chi connectivity index (χ1n) is 12.9. The SMILES string of the molecule is CC(C)(C)[Si](C)(C)OC[C@H](Cc1ccc(O[Si](C)(C)C(C)(C)C)cc1)NC(=O)OCc1ccccc1. The van der Waals surface area contributed by atoms with Gasteiger partial charge in [-0.15, -0.1) is 0 Å². The summed E-state index contributed by atoms with van der Waals surface area (Å²) in [7, 11) is -3.86. The maximum atomic E-state index is 12.7. The second-order valence-electron chi connectivity index (χ2n) is 12.7. The van der Waals surface area contributed by atoms with E-state index in [0.717, 1.165) is 16.9 Å². The molecule has 7 heteroatoms. The molecule has 2 aromatic carbocycles. The summed E-state index contributed by atoms with van der Waals surface area (Å²) in [4.78, 5) is 12.7. The van der Waals surface area contributed by atoms with Gasteiger partial charge in [-0.1, -0.05) is 84.0 Å². The molecule has 0 spiro atoms. The average molecular weight is 530 g/mol. The Bertz CT molecular complexity index is 962. The Morgan fingerprint density at radius 3 is 1.89 bits per heavy atom. The van der Waals surface area contributed by atoms with E-state index in [1.165, 1.54) is 0 Å². The Hall–Kier alpha value is -2.10. The van der Waals surface area contributed by atoms with E-state index >= 15 is 0 Å². The summed E-state index contributed by atoms with van der Waals surface area (Å²) in [5, 5.41) is 3.28. The molecule has 1 atom stereocenters. The van der Waals surface area contributed by atoms with Crippen LogP contribution in [0, 0.1) is 0 Å². The second-order valence-corrected chi connectivity index (χ2v) is 22.2. The molecule has 0 aliphatic heterocycles. The van der Waals surface area contributed by atoms with Gasteiger partial charge in [-0.2, -0.15) is 0 Å². The molecular formula is C29H47NO4Si2. The number of alkyl carbamates (subject to hydrolysis) is 1. The Morgan fingerprint density at radius 1 is 0.806 bits per heavy atom. The fraction of sp³-hybridized carbons (Fsp3) is 0.552. The third-order valence-corrected chi connectivity index (χ3v) is 16.4. The quantitative estimate of drug-likeness (QED) is 0.317. The normalized spacial score (nSPS) is 13.7. The van der Waals surface area contributed by atoms with Gasteiger partial charge in [-0.25, -0.2) is 4.79 Å². The molecule has 2 rings (SSSR count). The summed E-state index contributed by atoms with van der Waals surface area (Å²) < 4.78 is 18.4. The van der Waals surface area contributed by atoms with Crippen molar-refractivity contribution in [3.05, 3.63) is 65.7 Å². The molecule has 0 aromatic heterocycles. The van der Waals surface area contributed by atoms with Gasteiger partial charge < -0.3 is 18.9 Å². The predicted octanol–water partition coefficient (Wildman–Crippen LogP) is 7.93. The maximum absolute atomic E-state index is 12.7. The molecule has 5 nitrogen and oxygen atoms in total. The van der Waals surface area contributed by atoms with Crippen molar-refractivity contribution in [2.24, 2.45) is 0 Å². The third kappa shape index (κ3) is 9.09. The van der Waals surface area contributed by atoms with E-state index in [2.05, 4.69) is 85.2 Å². The topological polar surface area (TPSA) is 56.8 Å². The zero-order chi connectivity index (χ0) is 27.2. The molecule has 200 valence electrons. The van der Waals surface area contributed by atoms with Crippen molar-refractivity contribution in [3.8, 4) is 5.75 Å². The van der Waals surface area contributed by atoms with Crippen molar-refractivity contribution < 1.29 is 18.4 Å². The molecule has 0 heterocycles. The van der Waals surface area contributed by atoms with E-state index in [0.29, 0.717) is 13.0 Å². The van der Waals surface area contributed by atoms with Crippen LogP contribution in [0.3, 0.4) is 0 Å². The van der Waals surface area contributed by atoms with Crippen molar-refractivity contribution in [2.45, 2.75) is 96.9 Å². The molecule has 0 unspecified atom stereocenters. The number of ether oxygens (including phenoxy) is 1. The van der Waals surface area contributed by atoms with Crippen LogP contribution in [0.1, 0.15) is 52.7 Å². The highest BCUT2D eigenvalue weighted by atomic mass is 28.4. The number of carbonyl (C=O) groups excluding carboxylic acids is 1. The van der Waals surface area contributed by atoms with E-state index < -0.39 is 22.7 Å². The van der Waals surface area contributed by atoms with Gasteiger partial charge in [0.2, 0.25) is 8.32 Å². The third-order valence-electron chi connectivity index (χ3n) is 7.57. The largest absolute Gasteiger partial charge is 0.544 e. The minimum atomic E-state index is -1.97. The molecule has 1 N–H and O–H groups in total. The fourth-order valence-electron chi connectivity index (χ4n) is 3.03. The van der Waals surface area contributed by atoms with Crippen LogP contribution in [-0.2, 0) is 22.2 Å². The fourth-order valence-corrected chi connectivity index (χ4v) is 5.12. The van der Waals surface area contributed by atoms with E-state index in [9.17, 15) is 4.79 Å². The molecule has 0 saturated carbocycles. The van der Waals surface area contributed by atoms with Gasteiger partial charge in [-0.05, 0) is 65.9 Å². The summed E-state index contributed by atoms with van der Waals surface area (Å²) in [5.41, 5.74) is 2.07. The van der Waals surface area contributed by atoms with Crippen LogP contribution in [0.5, 0.6) is 5.75 Å². The first-order chi connectivity index (χ1) is 16.5. The van der Waals surface area contributed by atoms with Gasteiger partial charge in [0.15, 0.2) is 8.32 Å². The molecule has 0 bridgehead atoms. The van der Waals surface area contributed by atoms with E-state index in [-0.39, 0.29) is 22.7 Å². The number of rotatable bonds is 10. The molecule has 0 radical (unpaired) electrons. The molecule has 1 amide bonds. The number of hydrogen-bond donors (Lipinski definition) is 1. The molecule has 2 aromatic rings. The molecular weight excluding hydrogens is 482 g/mol. The zero-order valence-corrected chi connectivity index (χ0v) is 26.0. The molecule has 0 saturated heterocycles. The van der Waals surface area contributed by atoms with Crippen molar-refractivity contribution in [1.29, 1.82) is 0 Å². The van der Waals surface area contributed by atoms with Gasteiger partial charge in [0.05, 0.1) is 12.6 Å². The number of hydrogen-bond acceptors (Lipinski definition) is 4. The molecule has 0 aliphatic carbocycles. The summed E-state index contributed by atoms with van der Waals surface area (Å²) in [5.74, 6) is 0.898. The van der Waals surface area contributed by atoms with Gasteiger partial charge in [-0.3, -0.25) is 0 Å². The maximum Gasteiger partial charge on any atom is 0.407 e. The van der Waals surface area contributed by atoms with Crippen LogP contribution in [0.4, 0.5) is 4.79 Å². The van der Waals surface area contributed by atoms with Crippen LogP contribution in [0.15, 0.2) is 54.6 Å². The lowest BCUT2D eigenvalue weighted by molar-refractivity contribution is 0.129. The minimum absolute atomic E-state index is 0.0914. The summed E-state index contributed by atoms with van der Waals surface area (Å²) in [6.45, 7) is 23.0. The van der Waals surface area contributed by atoms with Crippen molar-refractivity contribution in [3.63, 3.8) is 0 Å². The lowest BCUT2D eigenvalue weighted by Gasteiger charge is -2.37. The predicted molar refractivity (Wildman–Crippen MR) is 155 cm³/mol. The number of nitrogens with one attached hydrogen (secondary N) is 1. The Labute approximate surface area is 221 Å². The smallest absolute Gasteiger partial charge is 0.407 e. The number of benzene rings is 2. The van der Waals surface area contributed by atoms with Crippen LogP contribution in [0.2, 0.25) is 36.3 Å². The standard InChI is InChI=1S/C29H47NO4Si2/c1-28(2,3)35(7,8)33-22-25(30-27(31)32-21-24-14-12-11-13-15-24)20-23-16-18-26(19-17-23)34-36(9,10)29(4,5)6/h11-19,25H,20-22H2,1-10H3,(H,30,31)/t25-/m0/s1. The van der Waals surface area contributed by atoms with Crippen LogP contribution >= 0.6 is 0 Å². The molecule has 0 aliphatic rings. The highest BCUT2D eigenvalue weighted by Gasteiger charge is 2.39. The first kappa shape index (κ1) is 30.1. The Balaban J connectivity index is 2.09. The van der Waals surface area contributed by atoms with E-state index in [1.54, 1.807) is 0 Å². The monoisotopic (exact) mass is 529 g/mol. The van der Waals surface area contributed by atoms with Crippen molar-refractivity contribution >= 4 is 22.7 Å². The van der Waals surface area contributed by atoms with E-state index in [4.69, 9.17) is 13.6 Å². The van der Waals surface area contributed by atoms with Crippen LogP contribution in [0.25, 0.3) is 0 Å². The zero-order valence-electron chi connectivity index (χ0n) is 24.0. The van der Waals surface area contributed by atoms with Crippen molar-refractivity contribution in [1.82, 2.24) is 5.32 Å². The highest BCUT2D eigenvalue weighted by molar-refractivity contribution is 6.75. The first-order valence-corrected chi connectivity index (χ1v) is 18.7. The number of amides is 1. The minimum Gasteiger partial charge on any atom is -0.544 e. The van der Waals surface area contributed by atoms with Crippen molar-refractivity contribution in [2.75, 3.05) is 6.61 Å². The summed E-state index contributed by atoms with van der Waals surface area (Å²) in [6, 6.07) is 17.7. The number of carbonyl (C=O) groups is 1. The molecule has 36 heavy (non-hydrogen) atoms. The average Bonchev–Trinajstić information content (AvgIpc) is 2.76. The Morgan fingerprint density at radius 2 is 1.36 bits per heavy atom. The highest BCUT2D eigenvalue weighted by Crippen LogP contribution is 2.38. The lowest BCUT2D eigenvalue weighted by Crippen LogP contribution is -2.47. The van der Waals surface area contributed by atoms with Gasteiger partial charge >= 0.3 is 6.09 Å². The van der Waals surface area contributed by atoms with Crippen LogP contribution < -0.4 is 9.74 Å². The molecule has 0 fully saturated rings. The van der Waals surface area contributed by atoms with Crippen LogP contribution in [-0.4, -0.2) is 35.4 Å². The summed E-state index contributed by atoms with van der Waals surface area (Å²) in [6.07, 6.45) is 0.218. The Kier molecular flexibility index (Phi) is 10.0.